The lowest BCUT2D eigenvalue weighted by molar-refractivity contribution is -0.122. The number of anilines is 3. The van der Waals surface area contributed by atoms with Gasteiger partial charge in [-0.2, -0.15) is 4.98 Å². The maximum atomic E-state index is 13.1. The van der Waals surface area contributed by atoms with Crippen molar-refractivity contribution in [3.05, 3.63) is 51.4 Å². The number of hydrogen-bond donors (Lipinski definition) is 1. The monoisotopic (exact) mass is 562 g/mol. The predicted molar refractivity (Wildman–Crippen MR) is 157 cm³/mol. The SMILES string of the molecule is Cc1cc(N2CCN(C3CCC(C=O)CC3)CC2=O)ccc1Nc1ncc2cc(Cl)c(=O)n(C3CCCC3)c2n1. The van der Waals surface area contributed by atoms with E-state index in [2.05, 4.69) is 15.2 Å². The van der Waals surface area contributed by atoms with E-state index in [1.807, 2.05) is 30.0 Å². The lowest BCUT2D eigenvalue weighted by Gasteiger charge is -2.41. The first-order valence-corrected chi connectivity index (χ1v) is 14.7. The number of nitrogens with one attached hydrogen (secondary N) is 1. The number of halogens is 1. The van der Waals surface area contributed by atoms with Crippen molar-refractivity contribution in [1.29, 1.82) is 0 Å². The number of fused-ring (bicyclic) bond motifs is 1. The Hall–Kier alpha value is -3.30. The fourth-order valence-electron chi connectivity index (χ4n) is 6.60. The van der Waals surface area contributed by atoms with Gasteiger partial charge >= 0.3 is 0 Å². The maximum Gasteiger partial charge on any atom is 0.271 e. The van der Waals surface area contributed by atoms with Crippen LogP contribution in [0.4, 0.5) is 17.3 Å². The number of piperazine rings is 1. The summed E-state index contributed by atoms with van der Waals surface area (Å²) >= 11 is 6.26. The van der Waals surface area contributed by atoms with Crippen LogP contribution in [-0.4, -0.2) is 57.3 Å². The number of rotatable bonds is 6. The zero-order valence-corrected chi connectivity index (χ0v) is 23.6. The number of amides is 1. The number of pyridine rings is 1. The summed E-state index contributed by atoms with van der Waals surface area (Å²) in [6, 6.07) is 8.04. The number of hydrogen-bond acceptors (Lipinski definition) is 7. The van der Waals surface area contributed by atoms with Gasteiger partial charge in [0.1, 0.15) is 17.0 Å². The van der Waals surface area contributed by atoms with Crippen LogP contribution in [0.1, 0.15) is 63.0 Å². The minimum atomic E-state index is -0.204. The second kappa shape index (κ2) is 11.3. The number of nitrogens with zero attached hydrogens (tertiary/aromatic N) is 5. The van der Waals surface area contributed by atoms with Gasteiger partial charge in [-0.3, -0.25) is 19.1 Å². The van der Waals surface area contributed by atoms with E-state index in [4.69, 9.17) is 16.6 Å². The van der Waals surface area contributed by atoms with Crippen molar-refractivity contribution in [1.82, 2.24) is 19.4 Å². The molecule has 2 saturated carbocycles. The highest BCUT2D eigenvalue weighted by Gasteiger charge is 2.32. The Balaban J connectivity index is 1.17. The zero-order chi connectivity index (χ0) is 27.8. The smallest absolute Gasteiger partial charge is 0.271 e. The first-order valence-electron chi connectivity index (χ1n) is 14.4. The molecule has 0 unspecified atom stereocenters. The largest absolute Gasteiger partial charge is 0.324 e. The molecule has 2 aromatic heterocycles. The quantitative estimate of drug-likeness (QED) is 0.421. The van der Waals surface area contributed by atoms with Crippen molar-refractivity contribution in [2.24, 2.45) is 5.92 Å². The van der Waals surface area contributed by atoms with E-state index >= 15 is 0 Å². The van der Waals surface area contributed by atoms with Crippen LogP contribution in [0.15, 0.2) is 35.3 Å². The summed E-state index contributed by atoms with van der Waals surface area (Å²) in [7, 11) is 0. The Morgan fingerprint density at radius 1 is 1.00 bits per heavy atom. The van der Waals surface area contributed by atoms with Gasteiger partial charge in [0.25, 0.3) is 5.56 Å². The molecule has 0 radical (unpaired) electrons. The van der Waals surface area contributed by atoms with E-state index in [9.17, 15) is 14.4 Å². The van der Waals surface area contributed by atoms with Gasteiger partial charge in [-0.25, -0.2) is 4.98 Å². The average molecular weight is 563 g/mol. The summed E-state index contributed by atoms with van der Waals surface area (Å²) in [5.41, 5.74) is 3.07. The molecule has 2 aliphatic carbocycles. The Morgan fingerprint density at radius 3 is 2.48 bits per heavy atom. The van der Waals surface area contributed by atoms with E-state index in [0.717, 1.165) is 86.5 Å². The number of aryl methyl sites for hydroxylation is 1. The van der Waals surface area contributed by atoms with Gasteiger partial charge in [-0.15, -0.1) is 0 Å². The van der Waals surface area contributed by atoms with Gasteiger partial charge in [0.2, 0.25) is 11.9 Å². The molecule has 0 bridgehead atoms. The number of aromatic nitrogens is 3. The molecule has 3 aliphatic rings. The summed E-state index contributed by atoms with van der Waals surface area (Å²) in [5.74, 6) is 0.690. The molecular weight excluding hydrogens is 528 g/mol. The Kier molecular flexibility index (Phi) is 7.59. The average Bonchev–Trinajstić information content (AvgIpc) is 3.49. The summed E-state index contributed by atoms with van der Waals surface area (Å²) in [6.07, 6.45) is 10.7. The molecule has 210 valence electrons. The Bertz CT molecular complexity index is 1490. The Morgan fingerprint density at radius 2 is 1.77 bits per heavy atom. The third-order valence-corrected chi connectivity index (χ3v) is 9.16. The molecule has 1 aliphatic heterocycles. The lowest BCUT2D eigenvalue weighted by atomic mass is 9.86. The van der Waals surface area contributed by atoms with E-state index in [1.165, 1.54) is 0 Å². The van der Waals surface area contributed by atoms with Crippen molar-refractivity contribution in [3.63, 3.8) is 0 Å². The first-order chi connectivity index (χ1) is 19.4. The highest BCUT2D eigenvalue weighted by Crippen LogP contribution is 2.32. The minimum Gasteiger partial charge on any atom is -0.324 e. The Labute approximate surface area is 238 Å². The van der Waals surface area contributed by atoms with Crippen LogP contribution in [0.25, 0.3) is 11.0 Å². The van der Waals surface area contributed by atoms with Crippen LogP contribution < -0.4 is 15.8 Å². The third-order valence-electron chi connectivity index (χ3n) is 8.89. The minimum absolute atomic E-state index is 0.0989. The van der Waals surface area contributed by atoms with Crippen molar-refractivity contribution in [2.75, 3.05) is 29.9 Å². The van der Waals surface area contributed by atoms with Gasteiger partial charge < -0.3 is 15.0 Å². The highest BCUT2D eigenvalue weighted by atomic mass is 35.5. The molecule has 10 heteroatoms. The predicted octanol–water partition coefficient (Wildman–Crippen LogP) is 5.02. The molecular formula is C30H35ClN6O3. The molecule has 3 fully saturated rings. The summed E-state index contributed by atoms with van der Waals surface area (Å²) in [4.78, 5) is 50.5. The molecule has 0 atom stereocenters. The molecule has 1 saturated heterocycles. The molecule has 3 heterocycles. The van der Waals surface area contributed by atoms with Gasteiger partial charge in [0, 0.05) is 54.0 Å². The van der Waals surface area contributed by atoms with Crippen LogP contribution in [0.5, 0.6) is 0 Å². The zero-order valence-electron chi connectivity index (χ0n) is 22.8. The van der Waals surface area contributed by atoms with Gasteiger partial charge in [-0.05, 0) is 75.3 Å². The van der Waals surface area contributed by atoms with E-state index in [0.29, 0.717) is 30.7 Å². The van der Waals surface area contributed by atoms with Crippen molar-refractivity contribution in [2.45, 2.75) is 70.4 Å². The molecule has 3 aromatic rings. The van der Waals surface area contributed by atoms with Crippen LogP contribution in [-0.2, 0) is 9.59 Å². The van der Waals surface area contributed by atoms with Gasteiger partial charge in [0.05, 0.1) is 6.54 Å². The number of carbonyl (C=O) groups excluding carboxylic acids is 2. The molecule has 9 nitrogen and oxygen atoms in total. The van der Waals surface area contributed by atoms with E-state index < -0.39 is 0 Å². The van der Waals surface area contributed by atoms with Crippen LogP contribution in [0, 0.1) is 12.8 Å². The molecule has 1 amide bonds. The second-order valence-corrected chi connectivity index (χ2v) is 11.8. The first kappa shape index (κ1) is 26.9. The summed E-state index contributed by atoms with van der Waals surface area (Å²) < 4.78 is 1.74. The maximum absolute atomic E-state index is 13.1. The fourth-order valence-corrected chi connectivity index (χ4v) is 6.81. The summed E-state index contributed by atoms with van der Waals surface area (Å²) in [6.45, 7) is 3.88. The second-order valence-electron chi connectivity index (χ2n) is 11.4. The fraction of sp³-hybridized carbons (Fsp3) is 0.500. The third kappa shape index (κ3) is 5.24. The number of aldehydes is 1. The lowest BCUT2D eigenvalue weighted by Crippen LogP contribution is -2.54. The van der Waals surface area contributed by atoms with Crippen molar-refractivity contribution < 1.29 is 9.59 Å². The number of benzene rings is 1. The van der Waals surface area contributed by atoms with Crippen molar-refractivity contribution in [3.8, 4) is 0 Å². The van der Waals surface area contributed by atoms with Crippen LogP contribution >= 0.6 is 11.6 Å². The molecule has 1 aromatic carbocycles. The number of carbonyl (C=O) groups is 2. The van der Waals surface area contributed by atoms with Crippen LogP contribution in [0.3, 0.4) is 0 Å². The van der Waals surface area contributed by atoms with Gasteiger partial charge in [0.15, 0.2) is 0 Å². The normalized spacial score (nSPS) is 22.6. The van der Waals surface area contributed by atoms with Gasteiger partial charge in [-0.1, -0.05) is 24.4 Å². The summed E-state index contributed by atoms with van der Waals surface area (Å²) in [5, 5.41) is 4.24. The molecule has 6 rings (SSSR count). The standard InChI is InChI=1S/C30H35ClN6O3/c1-19-14-24(36-13-12-35(17-27(36)39)22-8-6-20(18-38)7-9-22)10-11-26(19)33-30-32-16-21-15-25(31)29(40)37(28(21)34-30)23-4-2-3-5-23/h10-11,14-16,18,20,22-23H,2-9,12-13,17H2,1H3,(H,32,33,34). The van der Waals surface area contributed by atoms with Crippen LogP contribution in [0.2, 0.25) is 5.02 Å². The molecule has 1 N–H and O–H groups in total. The van der Waals surface area contributed by atoms with E-state index in [-0.39, 0.29) is 28.4 Å². The van der Waals surface area contributed by atoms with Crippen molar-refractivity contribution >= 4 is 52.2 Å². The molecule has 40 heavy (non-hydrogen) atoms. The van der Waals surface area contributed by atoms with E-state index in [1.54, 1.807) is 16.8 Å². The highest BCUT2D eigenvalue weighted by molar-refractivity contribution is 6.31. The topological polar surface area (TPSA) is 100 Å². The molecule has 0 spiro atoms.